The van der Waals surface area contributed by atoms with Gasteiger partial charge in [0.1, 0.15) is 5.75 Å². The number of nitrogens with two attached hydrogens (primary N) is 1. The molecule has 2 rings (SSSR count). The summed E-state index contributed by atoms with van der Waals surface area (Å²) in [7, 11) is 1.75. The second-order valence-corrected chi connectivity index (χ2v) is 5.27. The van der Waals surface area contributed by atoms with Crippen molar-refractivity contribution in [3.63, 3.8) is 0 Å². The van der Waals surface area contributed by atoms with Crippen molar-refractivity contribution in [1.82, 2.24) is 0 Å². The second kappa shape index (κ2) is 4.49. The molecule has 0 spiro atoms. The molecule has 0 saturated carbocycles. The standard InChI is InChI=1S/C13H19N3O2/c1-13(2,14)8-15-9-4-5-11-10(6-9)16(3)12(17)7-18-11/h4-6,15H,7-8,14H2,1-3H3. The van der Waals surface area contributed by atoms with Gasteiger partial charge in [-0.3, -0.25) is 4.79 Å². The second-order valence-electron chi connectivity index (χ2n) is 5.27. The minimum absolute atomic E-state index is 0.0428. The van der Waals surface area contributed by atoms with Gasteiger partial charge in [-0.25, -0.2) is 0 Å². The molecule has 0 radical (unpaired) electrons. The summed E-state index contributed by atoms with van der Waals surface area (Å²) < 4.78 is 5.36. The zero-order valence-electron chi connectivity index (χ0n) is 11.0. The molecular weight excluding hydrogens is 230 g/mol. The third-order valence-electron chi connectivity index (χ3n) is 2.79. The zero-order chi connectivity index (χ0) is 13.3. The number of ether oxygens (including phenoxy) is 1. The molecule has 1 amide bonds. The Balaban J connectivity index is 2.18. The molecule has 98 valence electrons. The Hall–Kier alpha value is -1.75. The van der Waals surface area contributed by atoms with Crippen LogP contribution in [0.5, 0.6) is 5.75 Å². The molecule has 0 aliphatic carbocycles. The largest absolute Gasteiger partial charge is 0.482 e. The summed E-state index contributed by atoms with van der Waals surface area (Å²) in [5.74, 6) is 0.688. The van der Waals surface area contributed by atoms with Crippen LogP contribution in [0.4, 0.5) is 11.4 Å². The number of hydrogen-bond donors (Lipinski definition) is 2. The maximum absolute atomic E-state index is 11.5. The predicted octanol–water partition coefficient (Wildman–Crippen LogP) is 1.19. The SMILES string of the molecule is CN1C(=O)COc2ccc(NCC(C)(C)N)cc21. The van der Waals surface area contributed by atoms with E-state index in [4.69, 9.17) is 10.5 Å². The lowest BCUT2D eigenvalue weighted by atomic mass is 10.1. The molecule has 18 heavy (non-hydrogen) atoms. The van der Waals surface area contributed by atoms with Gasteiger partial charge in [-0.15, -0.1) is 0 Å². The van der Waals surface area contributed by atoms with Crippen molar-refractivity contribution in [2.75, 3.05) is 30.4 Å². The first-order valence-corrected chi connectivity index (χ1v) is 5.93. The van der Waals surface area contributed by atoms with Crippen molar-refractivity contribution < 1.29 is 9.53 Å². The van der Waals surface area contributed by atoms with Crippen molar-refractivity contribution in [2.24, 2.45) is 5.73 Å². The summed E-state index contributed by atoms with van der Waals surface area (Å²) in [6.07, 6.45) is 0. The number of rotatable bonds is 3. The van der Waals surface area contributed by atoms with Gasteiger partial charge >= 0.3 is 0 Å². The topological polar surface area (TPSA) is 67.6 Å². The molecule has 1 aliphatic heterocycles. The predicted molar refractivity (Wildman–Crippen MR) is 72.1 cm³/mol. The fourth-order valence-electron chi connectivity index (χ4n) is 1.71. The van der Waals surface area contributed by atoms with E-state index in [-0.39, 0.29) is 18.1 Å². The van der Waals surface area contributed by atoms with Crippen molar-refractivity contribution in [3.8, 4) is 5.75 Å². The van der Waals surface area contributed by atoms with Crippen LogP contribution in [0.2, 0.25) is 0 Å². The summed E-state index contributed by atoms with van der Waals surface area (Å²) >= 11 is 0. The summed E-state index contributed by atoms with van der Waals surface area (Å²) in [5.41, 5.74) is 7.35. The van der Waals surface area contributed by atoms with Crippen LogP contribution in [0.25, 0.3) is 0 Å². The Morgan fingerprint density at radius 2 is 2.22 bits per heavy atom. The Morgan fingerprint density at radius 3 is 2.89 bits per heavy atom. The first-order valence-electron chi connectivity index (χ1n) is 5.93. The van der Waals surface area contributed by atoms with E-state index >= 15 is 0 Å². The minimum Gasteiger partial charge on any atom is -0.482 e. The Morgan fingerprint density at radius 1 is 1.50 bits per heavy atom. The van der Waals surface area contributed by atoms with Crippen LogP contribution in [0.1, 0.15) is 13.8 Å². The van der Waals surface area contributed by atoms with E-state index in [2.05, 4.69) is 5.32 Å². The first kappa shape index (κ1) is 12.7. The molecular formula is C13H19N3O2. The lowest BCUT2D eigenvalue weighted by Crippen LogP contribution is -2.39. The van der Waals surface area contributed by atoms with Crippen LogP contribution >= 0.6 is 0 Å². The molecule has 0 fully saturated rings. The molecule has 5 nitrogen and oxygen atoms in total. The molecule has 1 aliphatic rings. The lowest BCUT2D eigenvalue weighted by molar-refractivity contribution is -0.120. The highest BCUT2D eigenvalue weighted by molar-refractivity contribution is 5.97. The average Bonchev–Trinajstić information content (AvgIpc) is 2.31. The minimum atomic E-state index is -0.284. The normalized spacial score (nSPS) is 15.1. The van der Waals surface area contributed by atoms with Gasteiger partial charge in [0, 0.05) is 24.8 Å². The van der Waals surface area contributed by atoms with Crippen molar-refractivity contribution in [3.05, 3.63) is 18.2 Å². The number of nitrogens with one attached hydrogen (secondary N) is 1. The van der Waals surface area contributed by atoms with Crippen molar-refractivity contribution in [1.29, 1.82) is 0 Å². The molecule has 0 bridgehead atoms. The summed E-state index contributed by atoms with van der Waals surface area (Å²) in [6.45, 7) is 4.67. The van der Waals surface area contributed by atoms with Gasteiger partial charge in [0.2, 0.25) is 0 Å². The smallest absolute Gasteiger partial charge is 0.264 e. The molecule has 1 aromatic rings. The number of nitrogens with zero attached hydrogens (tertiary/aromatic N) is 1. The number of carbonyl (C=O) groups is 1. The molecule has 5 heteroatoms. The molecule has 0 saturated heterocycles. The Labute approximate surface area is 107 Å². The van der Waals surface area contributed by atoms with Crippen molar-refractivity contribution in [2.45, 2.75) is 19.4 Å². The fourth-order valence-corrected chi connectivity index (χ4v) is 1.71. The number of benzene rings is 1. The quantitative estimate of drug-likeness (QED) is 0.844. The van der Waals surface area contributed by atoms with E-state index in [1.54, 1.807) is 11.9 Å². The molecule has 0 atom stereocenters. The van der Waals surface area contributed by atoms with Gasteiger partial charge in [0.25, 0.3) is 5.91 Å². The molecule has 1 heterocycles. The summed E-state index contributed by atoms with van der Waals surface area (Å²) in [4.78, 5) is 13.2. The Bertz CT molecular complexity index is 466. The fraction of sp³-hybridized carbons (Fsp3) is 0.462. The van der Waals surface area contributed by atoms with Crippen LogP contribution in [-0.2, 0) is 4.79 Å². The van der Waals surface area contributed by atoms with Crippen LogP contribution in [-0.4, -0.2) is 31.6 Å². The summed E-state index contributed by atoms with van der Waals surface area (Å²) in [5, 5.41) is 3.25. The third kappa shape index (κ3) is 2.73. The van der Waals surface area contributed by atoms with Crippen LogP contribution < -0.4 is 20.7 Å². The number of hydrogen-bond acceptors (Lipinski definition) is 4. The van der Waals surface area contributed by atoms with E-state index < -0.39 is 0 Å². The van der Waals surface area contributed by atoms with Crippen LogP contribution in [0, 0.1) is 0 Å². The first-order chi connectivity index (χ1) is 8.37. The van der Waals surface area contributed by atoms with Crippen LogP contribution in [0.15, 0.2) is 18.2 Å². The number of carbonyl (C=O) groups excluding carboxylic acids is 1. The van der Waals surface area contributed by atoms with Gasteiger partial charge in [-0.1, -0.05) is 0 Å². The van der Waals surface area contributed by atoms with Gasteiger partial charge in [0.05, 0.1) is 5.69 Å². The van der Waals surface area contributed by atoms with Gasteiger partial charge < -0.3 is 20.7 Å². The number of amides is 1. The highest BCUT2D eigenvalue weighted by Gasteiger charge is 2.22. The number of fused-ring (bicyclic) bond motifs is 1. The maximum atomic E-state index is 11.5. The molecule has 1 aromatic carbocycles. The monoisotopic (exact) mass is 249 g/mol. The van der Waals surface area contributed by atoms with E-state index in [1.807, 2.05) is 32.0 Å². The lowest BCUT2D eigenvalue weighted by Gasteiger charge is -2.27. The maximum Gasteiger partial charge on any atom is 0.264 e. The van der Waals surface area contributed by atoms with Gasteiger partial charge in [-0.05, 0) is 32.0 Å². The third-order valence-corrected chi connectivity index (χ3v) is 2.79. The Kier molecular flexibility index (Phi) is 3.17. The van der Waals surface area contributed by atoms with E-state index in [9.17, 15) is 4.79 Å². The van der Waals surface area contributed by atoms with Gasteiger partial charge in [-0.2, -0.15) is 0 Å². The molecule has 0 aromatic heterocycles. The highest BCUT2D eigenvalue weighted by atomic mass is 16.5. The number of anilines is 2. The van der Waals surface area contributed by atoms with Crippen molar-refractivity contribution >= 4 is 17.3 Å². The summed E-state index contributed by atoms with van der Waals surface area (Å²) in [6, 6.07) is 5.69. The van der Waals surface area contributed by atoms with E-state index in [0.29, 0.717) is 6.54 Å². The van der Waals surface area contributed by atoms with Gasteiger partial charge in [0.15, 0.2) is 6.61 Å². The molecule has 0 unspecified atom stereocenters. The van der Waals surface area contributed by atoms with E-state index in [1.165, 1.54) is 0 Å². The van der Waals surface area contributed by atoms with Crippen LogP contribution in [0.3, 0.4) is 0 Å². The highest BCUT2D eigenvalue weighted by Crippen LogP contribution is 2.33. The zero-order valence-corrected chi connectivity index (χ0v) is 11.0. The number of likely N-dealkylation sites (N-methyl/N-ethyl adjacent to an activating group) is 1. The average molecular weight is 249 g/mol. The molecule has 3 N–H and O–H groups in total. The van der Waals surface area contributed by atoms with E-state index in [0.717, 1.165) is 17.1 Å².